The van der Waals surface area contributed by atoms with Crippen molar-refractivity contribution in [1.29, 1.82) is 0 Å². The molecular formula is C26H32FN3O5S. The van der Waals surface area contributed by atoms with E-state index in [0.29, 0.717) is 55.1 Å². The van der Waals surface area contributed by atoms with Gasteiger partial charge in [-0.25, -0.2) is 17.6 Å². The molecule has 1 aromatic heterocycles. The van der Waals surface area contributed by atoms with Gasteiger partial charge in [0.25, 0.3) is 0 Å². The number of aryl methyl sites for hydroxylation is 1. The molecule has 1 saturated heterocycles. The third kappa shape index (κ3) is 5.00. The summed E-state index contributed by atoms with van der Waals surface area (Å²) in [6.45, 7) is 9.75. The fourth-order valence-electron chi connectivity index (χ4n) is 4.38. The maximum absolute atomic E-state index is 14.0. The van der Waals surface area contributed by atoms with E-state index in [9.17, 15) is 17.6 Å². The van der Waals surface area contributed by atoms with Gasteiger partial charge in [0, 0.05) is 49.8 Å². The zero-order valence-corrected chi connectivity index (χ0v) is 22.1. The van der Waals surface area contributed by atoms with Gasteiger partial charge in [-0.05, 0) is 64.1 Å². The van der Waals surface area contributed by atoms with E-state index >= 15 is 0 Å². The number of carbonyl (C=O) groups excluding carboxylic acids is 1. The number of ether oxygens (including phenoxy) is 2. The smallest absolute Gasteiger partial charge is 0.410 e. The van der Waals surface area contributed by atoms with Gasteiger partial charge < -0.3 is 23.8 Å². The highest BCUT2D eigenvalue weighted by atomic mass is 32.2. The lowest BCUT2D eigenvalue weighted by Gasteiger charge is -2.37. The minimum absolute atomic E-state index is 0.0599. The molecule has 0 unspecified atom stereocenters. The van der Waals surface area contributed by atoms with Crippen LogP contribution in [0.2, 0.25) is 0 Å². The molecule has 3 aromatic rings. The monoisotopic (exact) mass is 517 g/mol. The summed E-state index contributed by atoms with van der Waals surface area (Å²) in [7, 11) is -2.43. The number of halogens is 1. The van der Waals surface area contributed by atoms with Crippen molar-refractivity contribution in [2.75, 3.05) is 38.2 Å². The van der Waals surface area contributed by atoms with E-state index in [4.69, 9.17) is 9.47 Å². The first-order chi connectivity index (χ1) is 16.9. The molecule has 0 N–H and O–H groups in total. The van der Waals surface area contributed by atoms with Crippen LogP contribution in [-0.4, -0.2) is 62.9 Å². The van der Waals surface area contributed by atoms with Crippen molar-refractivity contribution >= 4 is 32.5 Å². The lowest BCUT2D eigenvalue weighted by atomic mass is 10.2. The lowest BCUT2D eigenvalue weighted by molar-refractivity contribution is 0.0240. The van der Waals surface area contributed by atoms with E-state index in [2.05, 4.69) is 0 Å². The van der Waals surface area contributed by atoms with Crippen molar-refractivity contribution in [1.82, 2.24) is 9.47 Å². The Morgan fingerprint density at radius 1 is 1.06 bits per heavy atom. The van der Waals surface area contributed by atoms with Crippen molar-refractivity contribution in [2.45, 2.75) is 49.6 Å². The van der Waals surface area contributed by atoms with Gasteiger partial charge in [-0.1, -0.05) is 0 Å². The standard InChI is InChI=1S/C26H32FN3O5S/c1-6-28-17-24(20-15-18(27)7-9-21(20)28)36(32,33)19-8-10-23(34-5)22(16-19)29-11-13-30(14-12-29)25(31)35-26(2,3)4/h7-10,15-17H,6,11-14H2,1-5H3. The van der Waals surface area contributed by atoms with E-state index < -0.39 is 21.3 Å². The number of sulfone groups is 1. The molecule has 8 nitrogen and oxygen atoms in total. The summed E-state index contributed by atoms with van der Waals surface area (Å²) in [4.78, 5) is 16.2. The zero-order valence-electron chi connectivity index (χ0n) is 21.2. The molecule has 0 aliphatic carbocycles. The number of piperazine rings is 1. The van der Waals surface area contributed by atoms with Gasteiger partial charge in [0.15, 0.2) is 0 Å². The van der Waals surface area contributed by atoms with Gasteiger partial charge in [0.1, 0.15) is 17.2 Å². The number of amides is 1. The number of aromatic nitrogens is 1. The van der Waals surface area contributed by atoms with Crippen LogP contribution in [-0.2, 0) is 21.1 Å². The molecule has 194 valence electrons. The average molecular weight is 518 g/mol. The second kappa shape index (κ2) is 9.65. The molecule has 2 aromatic carbocycles. The fraction of sp³-hybridized carbons (Fsp3) is 0.423. The summed E-state index contributed by atoms with van der Waals surface area (Å²) in [5, 5.41) is 0.347. The minimum atomic E-state index is -3.96. The molecule has 0 saturated carbocycles. The normalized spacial score (nSPS) is 14.8. The Kier molecular flexibility index (Phi) is 6.92. The topological polar surface area (TPSA) is 81.1 Å². The summed E-state index contributed by atoms with van der Waals surface area (Å²) in [6, 6.07) is 8.90. The third-order valence-corrected chi connectivity index (χ3v) is 7.95. The fourth-order valence-corrected chi connectivity index (χ4v) is 5.87. The summed E-state index contributed by atoms with van der Waals surface area (Å²) >= 11 is 0. The number of nitrogens with zero attached hydrogens (tertiary/aromatic N) is 3. The maximum atomic E-state index is 14.0. The van der Waals surface area contributed by atoms with Gasteiger partial charge in [0.2, 0.25) is 9.84 Å². The molecule has 1 amide bonds. The average Bonchev–Trinajstić information content (AvgIpc) is 3.21. The van der Waals surface area contributed by atoms with E-state index in [-0.39, 0.29) is 15.9 Å². The second-order valence-corrected chi connectivity index (χ2v) is 11.7. The Balaban J connectivity index is 1.66. The van der Waals surface area contributed by atoms with Crippen LogP contribution in [0.3, 0.4) is 0 Å². The van der Waals surface area contributed by atoms with Crippen molar-refractivity contribution in [2.24, 2.45) is 0 Å². The predicted octanol–water partition coefficient (Wildman–Crippen LogP) is 4.70. The van der Waals surface area contributed by atoms with Crippen molar-refractivity contribution in [3.8, 4) is 5.75 Å². The Labute approximate surface area is 211 Å². The van der Waals surface area contributed by atoms with Crippen LogP contribution in [0.25, 0.3) is 10.9 Å². The molecule has 0 atom stereocenters. The molecule has 36 heavy (non-hydrogen) atoms. The number of rotatable bonds is 5. The van der Waals surface area contributed by atoms with Gasteiger partial charge in [-0.3, -0.25) is 0 Å². The van der Waals surface area contributed by atoms with Crippen LogP contribution in [0, 0.1) is 5.82 Å². The Morgan fingerprint density at radius 3 is 2.36 bits per heavy atom. The number of hydrogen-bond acceptors (Lipinski definition) is 6. The van der Waals surface area contributed by atoms with Crippen LogP contribution in [0.15, 0.2) is 52.4 Å². The van der Waals surface area contributed by atoms with Crippen molar-refractivity contribution in [3.63, 3.8) is 0 Å². The Morgan fingerprint density at radius 2 is 1.75 bits per heavy atom. The highest BCUT2D eigenvalue weighted by Gasteiger charge is 2.29. The van der Waals surface area contributed by atoms with Crippen LogP contribution in [0.5, 0.6) is 5.75 Å². The SMILES string of the molecule is CCn1cc(S(=O)(=O)c2ccc(OC)c(N3CCN(C(=O)OC(C)(C)C)CC3)c2)c2cc(F)ccc21. The Bertz CT molecular complexity index is 1390. The van der Waals surface area contributed by atoms with Gasteiger partial charge in [-0.15, -0.1) is 0 Å². The first kappa shape index (κ1) is 25.8. The number of hydrogen-bond donors (Lipinski definition) is 0. The van der Waals surface area contributed by atoms with Crippen LogP contribution < -0.4 is 9.64 Å². The van der Waals surface area contributed by atoms with Crippen LogP contribution in [0.1, 0.15) is 27.7 Å². The summed E-state index contributed by atoms with van der Waals surface area (Å²) in [6.07, 6.45) is 1.19. The molecule has 0 spiro atoms. The molecule has 0 radical (unpaired) electrons. The molecule has 4 rings (SSSR count). The molecule has 1 aliphatic heterocycles. The predicted molar refractivity (Wildman–Crippen MR) is 136 cm³/mol. The number of methoxy groups -OCH3 is 1. The van der Waals surface area contributed by atoms with Gasteiger partial charge >= 0.3 is 6.09 Å². The number of anilines is 1. The molecule has 10 heteroatoms. The first-order valence-corrected chi connectivity index (χ1v) is 13.4. The van der Waals surface area contributed by atoms with E-state index in [0.717, 1.165) is 0 Å². The zero-order chi connectivity index (χ0) is 26.3. The molecule has 0 bridgehead atoms. The summed E-state index contributed by atoms with van der Waals surface area (Å²) in [5.41, 5.74) is 0.696. The summed E-state index contributed by atoms with van der Waals surface area (Å²) in [5.74, 6) is 0.0350. The van der Waals surface area contributed by atoms with Gasteiger partial charge in [0.05, 0.1) is 22.6 Å². The molecule has 2 heterocycles. The number of carbonyl (C=O) groups is 1. The van der Waals surface area contributed by atoms with Crippen molar-refractivity contribution in [3.05, 3.63) is 48.4 Å². The lowest BCUT2D eigenvalue weighted by Crippen LogP contribution is -2.50. The second-order valence-electron chi connectivity index (χ2n) is 9.73. The Hall–Kier alpha value is -3.27. The van der Waals surface area contributed by atoms with Crippen molar-refractivity contribution < 1.29 is 27.1 Å². The summed E-state index contributed by atoms with van der Waals surface area (Å²) < 4.78 is 54.3. The van der Waals surface area contributed by atoms with Gasteiger partial charge in [-0.2, -0.15) is 0 Å². The first-order valence-electron chi connectivity index (χ1n) is 11.9. The third-order valence-electron chi connectivity index (χ3n) is 6.17. The number of benzene rings is 2. The largest absolute Gasteiger partial charge is 0.495 e. The van der Waals surface area contributed by atoms with Crippen LogP contribution >= 0.6 is 0 Å². The molecular weight excluding hydrogens is 485 g/mol. The number of fused-ring (bicyclic) bond motifs is 1. The highest BCUT2D eigenvalue weighted by Crippen LogP contribution is 2.36. The quantitative estimate of drug-likeness (QED) is 0.488. The molecule has 1 aliphatic rings. The minimum Gasteiger partial charge on any atom is -0.495 e. The highest BCUT2D eigenvalue weighted by molar-refractivity contribution is 7.91. The van der Waals surface area contributed by atoms with E-state index in [1.807, 2.05) is 32.6 Å². The van der Waals surface area contributed by atoms with E-state index in [1.165, 1.54) is 25.3 Å². The van der Waals surface area contributed by atoms with Crippen LogP contribution in [0.4, 0.5) is 14.9 Å². The maximum Gasteiger partial charge on any atom is 0.410 e. The molecule has 1 fully saturated rings. The van der Waals surface area contributed by atoms with E-state index in [1.54, 1.807) is 33.9 Å².